The van der Waals surface area contributed by atoms with Crippen LogP contribution in [0, 0.1) is 26.7 Å². The molecule has 3 heterocycles. The highest BCUT2D eigenvalue weighted by Crippen LogP contribution is 2.45. The molecule has 5 rings (SSSR count). The normalized spacial score (nSPS) is 16.9. The molecular formula is C31H31Cl2N5OS. The molecule has 1 saturated heterocycles. The second kappa shape index (κ2) is 11.2. The topological polar surface area (TPSA) is 62.2 Å². The number of halogens is 2. The summed E-state index contributed by atoms with van der Waals surface area (Å²) in [6.45, 7) is 9.89. The van der Waals surface area contributed by atoms with E-state index in [2.05, 4.69) is 51.1 Å². The van der Waals surface area contributed by atoms with Crippen LogP contribution < -0.4 is 15.5 Å². The summed E-state index contributed by atoms with van der Waals surface area (Å²) in [5, 5.41) is 8.17. The number of rotatable bonds is 6. The first-order valence-electron chi connectivity index (χ1n) is 13.1. The van der Waals surface area contributed by atoms with Gasteiger partial charge in [-0.15, -0.1) is 0 Å². The smallest absolute Gasteiger partial charge is 0.226 e. The van der Waals surface area contributed by atoms with Crippen LogP contribution in [0.3, 0.4) is 0 Å². The zero-order valence-corrected chi connectivity index (χ0v) is 25.3. The van der Waals surface area contributed by atoms with Crippen molar-refractivity contribution in [2.24, 2.45) is 5.92 Å². The van der Waals surface area contributed by atoms with Gasteiger partial charge in [0.05, 0.1) is 33.5 Å². The molecule has 2 aromatic carbocycles. The number of nitrogens with one attached hydrogen (secondary N) is 2. The molecule has 206 valence electrons. The molecule has 2 aromatic heterocycles. The summed E-state index contributed by atoms with van der Waals surface area (Å²) in [5.74, 6) is -0.129. The van der Waals surface area contributed by atoms with Crippen LogP contribution in [-0.4, -0.2) is 20.6 Å². The molecule has 9 heteroatoms. The molecule has 6 nitrogen and oxygen atoms in total. The Hall–Kier alpha value is -3.39. The van der Waals surface area contributed by atoms with Gasteiger partial charge in [-0.3, -0.25) is 9.78 Å². The minimum Gasteiger partial charge on any atom is -0.351 e. The molecule has 0 radical (unpaired) electrons. The lowest BCUT2D eigenvalue weighted by atomic mass is 9.96. The van der Waals surface area contributed by atoms with E-state index >= 15 is 0 Å². The summed E-state index contributed by atoms with van der Waals surface area (Å²) >= 11 is 19.0. The number of carbonyl (C=O) groups is 1. The number of hydrogen-bond donors (Lipinski definition) is 2. The van der Waals surface area contributed by atoms with Crippen molar-refractivity contribution in [3.05, 3.63) is 105 Å². The summed E-state index contributed by atoms with van der Waals surface area (Å²) in [7, 11) is 0. The number of nitrogens with zero attached hydrogens (tertiary/aromatic N) is 3. The lowest BCUT2D eigenvalue weighted by molar-refractivity contribution is -0.118. The monoisotopic (exact) mass is 591 g/mol. The van der Waals surface area contributed by atoms with Gasteiger partial charge in [0.25, 0.3) is 0 Å². The second-order valence-corrected chi connectivity index (χ2v) is 11.5. The highest BCUT2D eigenvalue weighted by atomic mass is 35.5. The van der Waals surface area contributed by atoms with Crippen molar-refractivity contribution in [3.63, 3.8) is 0 Å². The molecule has 2 N–H and O–H groups in total. The number of amides is 1. The third-order valence-corrected chi connectivity index (χ3v) is 8.45. The fraction of sp³-hybridized carbons (Fsp3) is 0.258. The van der Waals surface area contributed by atoms with E-state index < -0.39 is 0 Å². The van der Waals surface area contributed by atoms with E-state index in [4.69, 9.17) is 35.4 Å². The SMILES string of the molecule is Cc1cc(N2C(=S)N[C@H](c3ccccn3)[C@@H]2c2cc(C)n(-c3cccc(Cl)c3Cl)c2C)ccc1NC(=O)C(C)C. The van der Waals surface area contributed by atoms with Gasteiger partial charge < -0.3 is 20.1 Å². The van der Waals surface area contributed by atoms with Crippen molar-refractivity contribution in [2.75, 3.05) is 10.2 Å². The van der Waals surface area contributed by atoms with Gasteiger partial charge in [-0.25, -0.2) is 0 Å². The van der Waals surface area contributed by atoms with E-state index in [0.29, 0.717) is 15.2 Å². The first kappa shape index (κ1) is 28.1. The molecule has 0 saturated carbocycles. The fourth-order valence-corrected chi connectivity index (χ4v) is 6.01. The number of anilines is 2. The van der Waals surface area contributed by atoms with Crippen molar-refractivity contribution < 1.29 is 4.79 Å². The van der Waals surface area contributed by atoms with Gasteiger partial charge in [-0.05, 0) is 92.6 Å². The van der Waals surface area contributed by atoms with Crippen LogP contribution in [0.15, 0.2) is 66.9 Å². The Kier molecular flexibility index (Phi) is 7.91. The number of pyridine rings is 1. The number of aromatic nitrogens is 2. The quantitative estimate of drug-likeness (QED) is 0.223. The maximum Gasteiger partial charge on any atom is 0.226 e. The number of benzene rings is 2. The van der Waals surface area contributed by atoms with Crippen LogP contribution >= 0.6 is 35.4 Å². The molecule has 1 amide bonds. The molecule has 1 aliphatic heterocycles. The maximum absolute atomic E-state index is 12.3. The Morgan fingerprint density at radius 2 is 1.82 bits per heavy atom. The minimum absolute atomic E-state index is 0.0191. The maximum atomic E-state index is 12.3. The summed E-state index contributed by atoms with van der Waals surface area (Å²) < 4.78 is 2.13. The van der Waals surface area contributed by atoms with Crippen molar-refractivity contribution in [1.82, 2.24) is 14.9 Å². The molecule has 2 atom stereocenters. The Balaban J connectivity index is 1.64. The highest BCUT2D eigenvalue weighted by molar-refractivity contribution is 7.80. The Bertz CT molecular complexity index is 1600. The van der Waals surface area contributed by atoms with E-state index in [1.165, 1.54) is 0 Å². The van der Waals surface area contributed by atoms with Crippen LogP contribution in [-0.2, 0) is 4.79 Å². The van der Waals surface area contributed by atoms with E-state index in [1.807, 2.05) is 63.2 Å². The van der Waals surface area contributed by atoms with Crippen LogP contribution in [0.1, 0.15) is 54.1 Å². The predicted molar refractivity (Wildman–Crippen MR) is 168 cm³/mol. The molecule has 0 unspecified atom stereocenters. The zero-order chi connectivity index (χ0) is 28.7. The van der Waals surface area contributed by atoms with Crippen LogP contribution in [0.4, 0.5) is 11.4 Å². The summed E-state index contributed by atoms with van der Waals surface area (Å²) in [6.07, 6.45) is 1.80. The summed E-state index contributed by atoms with van der Waals surface area (Å²) in [6, 6.07) is 19.3. The van der Waals surface area contributed by atoms with Gasteiger partial charge in [0.1, 0.15) is 0 Å². The third kappa shape index (κ3) is 5.09. The van der Waals surface area contributed by atoms with Crippen LogP contribution in [0.2, 0.25) is 10.0 Å². The van der Waals surface area contributed by atoms with E-state index in [1.54, 1.807) is 12.3 Å². The molecule has 0 spiro atoms. The van der Waals surface area contributed by atoms with Gasteiger partial charge in [-0.1, -0.05) is 49.2 Å². The van der Waals surface area contributed by atoms with Crippen LogP contribution in [0.5, 0.6) is 0 Å². The van der Waals surface area contributed by atoms with E-state index in [-0.39, 0.29) is 23.9 Å². The van der Waals surface area contributed by atoms with E-state index in [9.17, 15) is 4.79 Å². The fourth-order valence-electron chi connectivity index (χ4n) is 5.29. The summed E-state index contributed by atoms with van der Waals surface area (Å²) in [5.41, 5.74) is 7.51. The molecule has 40 heavy (non-hydrogen) atoms. The van der Waals surface area contributed by atoms with Gasteiger partial charge in [0, 0.05) is 34.9 Å². The second-order valence-electron chi connectivity index (χ2n) is 10.4. The lowest BCUT2D eigenvalue weighted by Gasteiger charge is -2.29. The van der Waals surface area contributed by atoms with Crippen LogP contribution in [0.25, 0.3) is 5.69 Å². The van der Waals surface area contributed by atoms with Crippen molar-refractivity contribution in [2.45, 2.75) is 46.7 Å². The number of aryl methyl sites for hydroxylation is 2. The Morgan fingerprint density at radius 3 is 2.50 bits per heavy atom. The largest absolute Gasteiger partial charge is 0.351 e. The molecule has 1 fully saturated rings. The van der Waals surface area contributed by atoms with Crippen molar-refractivity contribution in [1.29, 1.82) is 0 Å². The predicted octanol–water partition coefficient (Wildman–Crippen LogP) is 7.88. The van der Waals surface area contributed by atoms with Crippen molar-refractivity contribution >= 4 is 57.8 Å². The van der Waals surface area contributed by atoms with Gasteiger partial charge in [0.15, 0.2) is 5.11 Å². The van der Waals surface area contributed by atoms with Crippen molar-refractivity contribution in [3.8, 4) is 5.69 Å². The number of hydrogen-bond acceptors (Lipinski definition) is 3. The average molecular weight is 593 g/mol. The Labute approximate surface area is 250 Å². The molecular weight excluding hydrogens is 561 g/mol. The standard InChI is InChI=1S/C31H31Cl2N5OS/c1-17(2)30(39)35-24-13-12-21(15-18(24)3)38-29(28(36-31(38)40)25-10-6-7-14-34-25)22-16-19(4)37(20(22)5)26-11-8-9-23(32)27(26)33/h6-17,28-29H,1-5H3,(H,35,39)(H,36,40)/t28-,29+/m1/s1. The summed E-state index contributed by atoms with van der Waals surface area (Å²) in [4.78, 5) is 19.2. The molecule has 0 bridgehead atoms. The lowest BCUT2D eigenvalue weighted by Crippen LogP contribution is -2.29. The number of thiocarbonyl (C=S) groups is 1. The third-order valence-electron chi connectivity index (χ3n) is 7.33. The zero-order valence-electron chi connectivity index (χ0n) is 23.0. The van der Waals surface area contributed by atoms with Gasteiger partial charge >= 0.3 is 0 Å². The highest BCUT2D eigenvalue weighted by Gasteiger charge is 2.42. The number of carbonyl (C=O) groups excluding carboxylic acids is 1. The molecule has 4 aromatic rings. The van der Waals surface area contributed by atoms with E-state index in [0.717, 1.165) is 45.3 Å². The first-order valence-corrected chi connectivity index (χ1v) is 14.3. The van der Waals surface area contributed by atoms with Gasteiger partial charge in [-0.2, -0.15) is 0 Å². The average Bonchev–Trinajstić information content (AvgIpc) is 3.42. The molecule has 0 aliphatic carbocycles. The Morgan fingerprint density at radius 1 is 1.05 bits per heavy atom. The molecule has 1 aliphatic rings. The van der Waals surface area contributed by atoms with Gasteiger partial charge in [0.2, 0.25) is 5.91 Å². The first-order chi connectivity index (χ1) is 19.1. The minimum atomic E-state index is -0.198.